The number of carbonyl (C=O) groups is 2. The highest BCUT2D eigenvalue weighted by atomic mass is 16.6. The van der Waals surface area contributed by atoms with Crippen molar-refractivity contribution in [2.45, 2.75) is 51.5 Å². The molecule has 11 heteroatoms. The van der Waals surface area contributed by atoms with Crippen LogP contribution in [0.3, 0.4) is 0 Å². The minimum atomic E-state index is -1.14. The number of fused-ring (bicyclic) bond motifs is 3. The van der Waals surface area contributed by atoms with Gasteiger partial charge in [0.1, 0.15) is 18.1 Å². The largest absolute Gasteiger partial charge is 0.508 e. The van der Waals surface area contributed by atoms with E-state index in [9.17, 15) is 29.8 Å². The third-order valence-electron chi connectivity index (χ3n) is 9.30. The van der Waals surface area contributed by atoms with Gasteiger partial charge in [-0.25, -0.2) is 4.90 Å². The van der Waals surface area contributed by atoms with Crippen molar-refractivity contribution in [3.05, 3.63) is 111 Å². The number of aromatic hydroxyl groups is 1. The number of benzene rings is 3. The number of imide groups is 1. The zero-order valence-electron chi connectivity index (χ0n) is 26.2. The lowest BCUT2D eigenvalue weighted by Gasteiger charge is -2.43. The summed E-state index contributed by atoms with van der Waals surface area (Å²) < 4.78 is 12.4. The Balaban J connectivity index is 1.34. The molecule has 2 aliphatic heterocycles. The van der Waals surface area contributed by atoms with Gasteiger partial charge < -0.3 is 19.5 Å². The zero-order valence-corrected chi connectivity index (χ0v) is 26.2. The van der Waals surface area contributed by atoms with Crippen LogP contribution in [0, 0.1) is 27.9 Å². The third-order valence-corrected chi connectivity index (χ3v) is 9.30. The Morgan fingerprint density at radius 1 is 1.04 bits per heavy atom. The van der Waals surface area contributed by atoms with Crippen LogP contribution in [0.5, 0.6) is 11.5 Å². The van der Waals surface area contributed by atoms with Crippen LogP contribution in [0.1, 0.15) is 44.6 Å². The molecule has 10 nitrogen and oxygen atoms in total. The fourth-order valence-corrected chi connectivity index (χ4v) is 7.34. The highest BCUT2D eigenvalue weighted by Gasteiger charge is 2.57. The summed E-state index contributed by atoms with van der Waals surface area (Å²) in [6.07, 6.45) is 4.93. The van der Waals surface area contributed by atoms with E-state index in [0.29, 0.717) is 18.6 Å². The van der Waals surface area contributed by atoms with Gasteiger partial charge in [-0.1, -0.05) is 61.4 Å². The number of nitrogens with zero attached hydrogens (tertiary/aromatic N) is 2. The van der Waals surface area contributed by atoms with Crippen molar-refractivity contribution in [1.82, 2.24) is 0 Å². The predicted octanol–water partition coefficient (Wildman–Crippen LogP) is 6.34. The van der Waals surface area contributed by atoms with Crippen molar-refractivity contribution < 1.29 is 34.0 Å². The zero-order chi connectivity index (χ0) is 33.1. The van der Waals surface area contributed by atoms with Gasteiger partial charge in [-0.3, -0.25) is 19.7 Å². The molecule has 2 fully saturated rings. The van der Waals surface area contributed by atoms with Crippen LogP contribution >= 0.6 is 0 Å². The van der Waals surface area contributed by atoms with Crippen LogP contribution in [-0.2, 0) is 14.2 Å². The molecule has 4 atom stereocenters. The first-order chi connectivity index (χ1) is 22.7. The van der Waals surface area contributed by atoms with Crippen molar-refractivity contribution >= 4 is 36.4 Å². The summed E-state index contributed by atoms with van der Waals surface area (Å²) in [5.74, 6) is -1.88. The van der Waals surface area contributed by atoms with Gasteiger partial charge in [-0.2, -0.15) is 0 Å². The van der Waals surface area contributed by atoms with Crippen molar-refractivity contribution in [2.24, 2.45) is 17.8 Å². The lowest BCUT2D eigenvalue weighted by Crippen LogP contribution is -2.46. The average Bonchev–Trinajstić information content (AvgIpc) is 3.31. The van der Waals surface area contributed by atoms with E-state index in [4.69, 9.17) is 9.39 Å². The molecule has 47 heavy (non-hydrogen) atoms. The Hall–Kier alpha value is -4.74. The van der Waals surface area contributed by atoms with Crippen LogP contribution in [0.15, 0.2) is 95.6 Å². The first-order valence-corrected chi connectivity index (χ1v) is 16.1. The van der Waals surface area contributed by atoms with Gasteiger partial charge in [-0.15, -0.1) is 0 Å². The van der Waals surface area contributed by atoms with E-state index >= 15 is 0 Å². The molecule has 2 amide bonds. The minimum Gasteiger partial charge on any atom is -0.508 e. The Bertz CT molecular complexity index is 1720. The standard InChI is InChI=1S/C36H37BN2O8/c1-2-8-23(17-24-9-6-12-28(40)18-24)15-16-32-33-25(22-46-29-13-4-3-5-14-29)19-30-34(31(33)21-37(43)47-32)36(42)38(35(30)41)26-10-7-11-27(20-26)39(44)45/h3-7,9-14,17-18,20,30-32,34,40,43H,2,8,15-16,19,21-22H2,1H3/b23-17+/t30-,31+,32-,34-/m1/s1. The normalized spacial score (nSPS) is 22.7. The number of para-hydroxylation sites is 1. The molecule has 0 aromatic heterocycles. The Morgan fingerprint density at radius 3 is 2.57 bits per heavy atom. The number of hydrogen-bond acceptors (Lipinski definition) is 8. The van der Waals surface area contributed by atoms with Crippen LogP contribution in [0.25, 0.3) is 6.08 Å². The Morgan fingerprint density at radius 2 is 1.83 bits per heavy atom. The molecule has 1 aliphatic carbocycles. The molecule has 2 saturated heterocycles. The maximum Gasteiger partial charge on any atom is 0.455 e. The molecule has 0 bridgehead atoms. The Labute approximate surface area is 273 Å². The highest BCUT2D eigenvalue weighted by Crippen LogP contribution is 2.51. The van der Waals surface area contributed by atoms with Gasteiger partial charge in [0.2, 0.25) is 11.8 Å². The SMILES string of the molecule is CCC/C(=C\c1cccc(O)c1)CC[C@H]1OB(O)C[C@H]2C1=C(COc1ccccc1)C[C@H]1C(=O)N(c3cccc([N+](=O)[O-])c3)C(=O)[C@H]12. The number of carbonyl (C=O) groups excluding carboxylic acids is 2. The van der Waals surface area contributed by atoms with E-state index < -0.39 is 47.7 Å². The smallest absolute Gasteiger partial charge is 0.455 e. The minimum absolute atomic E-state index is 0.143. The molecule has 242 valence electrons. The van der Waals surface area contributed by atoms with Crippen molar-refractivity contribution in [2.75, 3.05) is 11.5 Å². The number of anilines is 1. The number of nitro groups is 1. The van der Waals surface area contributed by atoms with E-state index in [1.54, 1.807) is 18.2 Å². The van der Waals surface area contributed by atoms with Crippen molar-refractivity contribution in [3.63, 3.8) is 0 Å². The Kier molecular flexibility index (Phi) is 9.56. The monoisotopic (exact) mass is 636 g/mol. The number of allylic oxidation sites excluding steroid dienone is 1. The molecule has 0 saturated carbocycles. The maximum absolute atomic E-state index is 14.1. The van der Waals surface area contributed by atoms with Gasteiger partial charge >= 0.3 is 7.12 Å². The molecular weight excluding hydrogens is 599 g/mol. The molecule has 0 unspecified atom stereocenters. The number of hydrogen-bond donors (Lipinski definition) is 2. The number of nitro benzene ring substituents is 1. The quantitative estimate of drug-likeness (QED) is 0.0817. The number of ether oxygens (including phenoxy) is 1. The second-order valence-electron chi connectivity index (χ2n) is 12.4. The van der Waals surface area contributed by atoms with E-state index in [0.717, 1.165) is 34.5 Å². The number of phenolic OH excluding ortho intramolecular Hbond substituents is 1. The number of amides is 2. The lowest BCUT2D eigenvalue weighted by molar-refractivity contribution is -0.384. The summed E-state index contributed by atoms with van der Waals surface area (Å²) in [5.41, 5.74) is 3.77. The summed E-state index contributed by atoms with van der Waals surface area (Å²) in [4.78, 5) is 40.0. The number of phenols is 1. The van der Waals surface area contributed by atoms with Crippen molar-refractivity contribution in [3.8, 4) is 11.5 Å². The van der Waals surface area contributed by atoms with Gasteiger partial charge in [-0.05, 0) is 85.0 Å². The van der Waals surface area contributed by atoms with Crippen LogP contribution < -0.4 is 9.64 Å². The van der Waals surface area contributed by atoms with E-state index in [2.05, 4.69) is 13.0 Å². The molecule has 3 aromatic carbocycles. The summed E-state index contributed by atoms with van der Waals surface area (Å²) >= 11 is 0. The fraction of sp³-hybridized carbons (Fsp3) is 0.333. The first kappa shape index (κ1) is 32.2. The molecule has 6 rings (SSSR count). The molecule has 3 aromatic rings. The van der Waals surface area contributed by atoms with Crippen molar-refractivity contribution in [1.29, 1.82) is 0 Å². The molecular formula is C36H37BN2O8. The predicted molar refractivity (Wildman–Crippen MR) is 178 cm³/mol. The molecule has 2 N–H and O–H groups in total. The van der Waals surface area contributed by atoms with E-state index in [1.807, 2.05) is 36.4 Å². The fourth-order valence-electron chi connectivity index (χ4n) is 7.34. The number of rotatable bonds is 11. The topological polar surface area (TPSA) is 139 Å². The number of non-ortho nitro benzene ring substituents is 1. The van der Waals surface area contributed by atoms with E-state index in [1.165, 1.54) is 29.8 Å². The summed E-state index contributed by atoms with van der Waals surface area (Å²) in [6.45, 7) is 2.29. The summed E-state index contributed by atoms with van der Waals surface area (Å²) in [7, 11) is -1.14. The van der Waals surface area contributed by atoms with Crippen LogP contribution in [0.2, 0.25) is 6.32 Å². The first-order valence-electron chi connectivity index (χ1n) is 16.1. The second kappa shape index (κ2) is 13.9. The maximum atomic E-state index is 14.1. The van der Waals surface area contributed by atoms with Gasteiger partial charge in [0, 0.05) is 12.1 Å². The summed E-state index contributed by atoms with van der Waals surface area (Å²) in [5, 5.41) is 32.5. The molecule has 3 aliphatic rings. The van der Waals surface area contributed by atoms with Gasteiger partial charge in [0.15, 0.2) is 0 Å². The van der Waals surface area contributed by atoms with Gasteiger partial charge in [0.25, 0.3) is 5.69 Å². The third kappa shape index (κ3) is 6.87. The van der Waals surface area contributed by atoms with Gasteiger partial charge in [0.05, 0.1) is 28.6 Å². The lowest BCUT2D eigenvalue weighted by atomic mass is 9.58. The molecule has 2 heterocycles. The highest BCUT2D eigenvalue weighted by molar-refractivity contribution is 6.43. The summed E-state index contributed by atoms with van der Waals surface area (Å²) in [6, 6.07) is 22.0. The molecule has 0 radical (unpaired) electrons. The average molecular weight is 637 g/mol. The second-order valence-corrected chi connectivity index (χ2v) is 12.4. The van der Waals surface area contributed by atoms with Crippen LogP contribution in [0.4, 0.5) is 11.4 Å². The van der Waals surface area contributed by atoms with Crippen LogP contribution in [-0.4, -0.2) is 46.7 Å². The van der Waals surface area contributed by atoms with E-state index in [-0.39, 0.29) is 36.5 Å². The molecule has 0 spiro atoms.